The van der Waals surface area contributed by atoms with Crippen molar-refractivity contribution < 1.29 is 19.0 Å². The fourth-order valence-corrected chi connectivity index (χ4v) is 4.96. The molecule has 0 spiro atoms. The predicted octanol–water partition coefficient (Wildman–Crippen LogP) is 5.16. The molecule has 9 heteroatoms. The van der Waals surface area contributed by atoms with Gasteiger partial charge >= 0.3 is 5.97 Å². The summed E-state index contributed by atoms with van der Waals surface area (Å²) in [6.07, 6.45) is 4.43. The van der Waals surface area contributed by atoms with Crippen LogP contribution >= 0.6 is 0 Å². The largest absolute Gasteiger partial charge is 0.487 e. The first-order valence-corrected chi connectivity index (χ1v) is 12.4. The highest BCUT2D eigenvalue weighted by Crippen LogP contribution is 2.44. The second-order valence-electron chi connectivity index (χ2n) is 9.78. The lowest BCUT2D eigenvalue weighted by Gasteiger charge is -2.32. The van der Waals surface area contributed by atoms with Crippen LogP contribution < -0.4 is 26.1 Å². The zero-order valence-electron chi connectivity index (χ0n) is 21.4. The average molecular weight is 509 g/mol. The Kier molecular flexibility index (Phi) is 7.42. The van der Waals surface area contributed by atoms with Gasteiger partial charge in [0.15, 0.2) is 11.6 Å². The molecule has 1 aliphatic rings. The van der Waals surface area contributed by atoms with Crippen molar-refractivity contribution in [1.29, 1.82) is 0 Å². The number of rotatable bonds is 10. The first-order chi connectivity index (χ1) is 17.6. The number of benzene rings is 2. The maximum Gasteiger partial charge on any atom is 0.341 e. The molecular weight excluding hydrogens is 475 g/mol. The quantitative estimate of drug-likeness (QED) is 0.256. The SMILES string of the molecule is C=CN(CCCNc1c(F)c(N)c2c(=O)c(C(=O)O)cn3c2c1OC[C@@H]3CC(C)C)c1ccccc1C. The predicted molar refractivity (Wildman–Crippen MR) is 145 cm³/mol. The number of aryl methyl sites for hydroxylation is 1. The maximum absolute atomic E-state index is 15.5. The summed E-state index contributed by atoms with van der Waals surface area (Å²) >= 11 is 0. The molecule has 0 unspecified atom stereocenters. The van der Waals surface area contributed by atoms with Gasteiger partial charge in [-0.3, -0.25) is 4.79 Å². The molecule has 4 rings (SSSR count). The van der Waals surface area contributed by atoms with Crippen LogP contribution in [-0.4, -0.2) is 35.3 Å². The number of aromatic nitrogens is 1. The van der Waals surface area contributed by atoms with Gasteiger partial charge in [0.25, 0.3) is 0 Å². The molecule has 37 heavy (non-hydrogen) atoms. The third kappa shape index (κ3) is 4.85. The number of carboxylic acids is 1. The molecule has 0 saturated carbocycles. The molecule has 2 aromatic carbocycles. The molecule has 0 saturated heterocycles. The number of nitrogen functional groups attached to an aromatic ring is 1. The molecule has 0 amide bonds. The van der Waals surface area contributed by atoms with Crippen LogP contribution in [0.15, 0.2) is 48.0 Å². The summed E-state index contributed by atoms with van der Waals surface area (Å²) in [7, 11) is 0. The van der Waals surface area contributed by atoms with E-state index in [9.17, 15) is 14.7 Å². The van der Waals surface area contributed by atoms with Gasteiger partial charge in [-0.15, -0.1) is 0 Å². The highest BCUT2D eigenvalue weighted by Gasteiger charge is 2.32. The van der Waals surface area contributed by atoms with E-state index in [-0.39, 0.29) is 41.1 Å². The maximum atomic E-state index is 15.5. The number of carboxylic acid groups (broad SMARTS) is 1. The number of anilines is 3. The van der Waals surface area contributed by atoms with E-state index in [0.29, 0.717) is 31.4 Å². The van der Waals surface area contributed by atoms with Crippen molar-refractivity contribution in [3.05, 3.63) is 70.4 Å². The number of pyridine rings is 1. The van der Waals surface area contributed by atoms with E-state index in [2.05, 4.69) is 11.9 Å². The van der Waals surface area contributed by atoms with Gasteiger partial charge in [-0.05, 0) is 43.5 Å². The molecule has 1 aliphatic heterocycles. The van der Waals surface area contributed by atoms with Crippen LogP contribution in [0, 0.1) is 18.7 Å². The smallest absolute Gasteiger partial charge is 0.341 e. The Hall–Kier alpha value is -4.01. The van der Waals surface area contributed by atoms with Crippen LogP contribution in [0.4, 0.5) is 21.5 Å². The van der Waals surface area contributed by atoms with E-state index in [0.717, 1.165) is 11.3 Å². The van der Waals surface area contributed by atoms with Crippen LogP contribution in [0.3, 0.4) is 0 Å². The number of nitrogens with zero attached hydrogens (tertiary/aromatic N) is 2. The Balaban J connectivity index is 1.69. The Morgan fingerprint density at radius 2 is 2.14 bits per heavy atom. The van der Waals surface area contributed by atoms with Crippen molar-refractivity contribution in [2.75, 3.05) is 35.6 Å². The number of hydrogen-bond donors (Lipinski definition) is 3. The van der Waals surface area contributed by atoms with Crippen molar-refractivity contribution in [2.24, 2.45) is 5.92 Å². The van der Waals surface area contributed by atoms with Crippen molar-refractivity contribution in [3.8, 4) is 5.75 Å². The van der Waals surface area contributed by atoms with Gasteiger partial charge in [0.05, 0.1) is 22.6 Å². The lowest BCUT2D eigenvalue weighted by atomic mass is 9.99. The van der Waals surface area contributed by atoms with Gasteiger partial charge in [0, 0.05) is 25.0 Å². The minimum absolute atomic E-state index is 0.0743. The van der Waals surface area contributed by atoms with Crippen molar-refractivity contribution in [3.63, 3.8) is 0 Å². The Labute approximate surface area is 215 Å². The van der Waals surface area contributed by atoms with Gasteiger partial charge in [-0.25, -0.2) is 9.18 Å². The van der Waals surface area contributed by atoms with Crippen molar-refractivity contribution in [1.82, 2.24) is 4.57 Å². The average Bonchev–Trinajstić information content (AvgIpc) is 2.85. The van der Waals surface area contributed by atoms with Gasteiger partial charge in [0.1, 0.15) is 17.9 Å². The second-order valence-corrected chi connectivity index (χ2v) is 9.78. The number of para-hydroxylation sites is 1. The van der Waals surface area contributed by atoms with Crippen LogP contribution in [0.2, 0.25) is 0 Å². The molecule has 4 N–H and O–H groups in total. The Bertz CT molecular complexity index is 1420. The zero-order chi connectivity index (χ0) is 26.9. The highest BCUT2D eigenvalue weighted by atomic mass is 19.1. The minimum atomic E-state index is -1.38. The summed E-state index contributed by atoms with van der Waals surface area (Å²) in [6.45, 7) is 11.3. The van der Waals surface area contributed by atoms with Gasteiger partial charge in [-0.1, -0.05) is 38.6 Å². The number of halogens is 1. The van der Waals surface area contributed by atoms with Gasteiger partial charge in [-0.2, -0.15) is 0 Å². The topological polar surface area (TPSA) is 110 Å². The molecule has 2 heterocycles. The second kappa shape index (κ2) is 10.5. The summed E-state index contributed by atoms with van der Waals surface area (Å²) in [5, 5.41) is 12.6. The standard InChI is InChI=1S/C28H33FN4O4/c1-5-32(20-10-7-6-9-17(20)4)12-8-11-31-24-22(29)23(30)21-25-27(24)37-15-18(13-16(2)3)33(25)14-19(26(21)34)28(35)36/h5-7,9-10,14,16,18,31H,1,8,11-13,15,30H2,2-4H3,(H,35,36)/t18-/m0/s1. The van der Waals surface area contributed by atoms with E-state index in [1.807, 2.05) is 49.9 Å². The molecule has 0 fully saturated rings. The summed E-state index contributed by atoms with van der Waals surface area (Å²) in [5.74, 6) is -1.74. The summed E-state index contributed by atoms with van der Waals surface area (Å²) in [4.78, 5) is 26.9. The summed E-state index contributed by atoms with van der Waals surface area (Å²) in [5.41, 5.74) is 7.03. The molecule has 3 aromatic rings. The van der Waals surface area contributed by atoms with Crippen molar-refractivity contribution >= 4 is 33.9 Å². The van der Waals surface area contributed by atoms with E-state index in [4.69, 9.17) is 10.5 Å². The number of ether oxygens (including phenoxy) is 1. The van der Waals surface area contributed by atoms with E-state index in [1.54, 1.807) is 10.8 Å². The third-order valence-electron chi connectivity index (χ3n) is 6.71. The van der Waals surface area contributed by atoms with Gasteiger partial charge < -0.3 is 30.4 Å². The number of nitrogens with one attached hydrogen (secondary N) is 1. The monoisotopic (exact) mass is 508 g/mol. The van der Waals surface area contributed by atoms with Crippen LogP contribution in [-0.2, 0) is 0 Å². The molecule has 8 nitrogen and oxygen atoms in total. The molecule has 196 valence electrons. The van der Waals surface area contributed by atoms with E-state index < -0.39 is 22.8 Å². The number of nitrogens with two attached hydrogens (primary N) is 1. The summed E-state index contributed by atoms with van der Waals surface area (Å²) in [6, 6.07) is 7.77. The zero-order valence-corrected chi connectivity index (χ0v) is 21.4. The number of carbonyl (C=O) groups is 1. The minimum Gasteiger partial charge on any atom is -0.487 e. The lowest BCUT2D eigenvalue weighted by molar-refractivity contribution is 0.0694. The van der Waals surface area contributed by atoms with Crippen LogP contribution in [0.1, 0.15) is 48.7 Å². The first kappa shape index (κ1) is 26.1. The molecule has 1 atom stereocenters. The normalized spacial score (nSPS) is 14.5. The third-order valence-corrected chi connectivity index (χ3v) is 6.71. The first-order valence-electron chi connectivity index (χ1n) is 12.4. The van der Waals surface area contributed by atoms with Crippen LogP contribution in [0.25, 0.3) is 10.9 Å². The molecular formula is C28H33FN4O4. The molecule has 0 bridgehead atoms. The lowest BCUT2D eigenvalue weighted by Crippen LogP contribution is -2.30. The Morgan fingerprint density at radius 1 is 1.41 bits per heavy atom. The molecule has 0 aliphatic carbocycles. The number of hydrogen-bond acceptors (Lipinski definition) is 6. The van der Waals surface area contributed by atoms with Crippen LogP contribution in [0.5, 0.6) is 5.75 Å². The summed E-state index contributed by atoms with van der Waals surface area (Å²) < 4.78 is 23.3. The van der Waals surface area contributed by atoms with Gasteiger partial charge in [0.2, 0.25) is 5.43 Å². The fraction of sp³-hybridized carbons (Fsp3) is 0.357. The van der Waals surface area contributed by atoms with E-state index >= 15 is 4.39 Å². The number of aromatic carboxylic acids is 1. The van der Waals surface area contributed by atoms with Crippen molar-refractivity contribution in [2.45, 2.75) is 39.7 Å². The Morgan fingerprint density at radius 3 is 2.78 bits per heavy atom. The highest BCUT2D eigenvalue weighted by molar-refractivity contribution is 6.03. The molecule has 0 radical (unpaired) electrons. The van der Waals surface area contributed by atoms with E-state index in [1.165, 1.54) is 6.20 Å². The fourth-order valence-electron chi connectivity index (χ4n) is 4.96. The molecule has 1 aromatic heterocycles.